The Bertz CT molecular complexity index is 383. The average Bonchev–Trinajstić information content (AvgIpc) is 2.10. The molecule has 0 saturated carbocycles. The first kappa shape index (κ1) is 10.3. The highest BCUT2D eigenvalue weighted by atomic mass is 16.4. The number of rotatable bonds is 4. The van der Waals surface area contributed by atoms with Crippen LogP contribution < -0.4 is 5.43 Å². The van der Waals surface area contributed by atoms with E-state index in [0.29, 0.717) is 13.0 Å². The molecule has 0 aliphatic rings. The average molecular weight is 197 g/mol. The van der Waals surface area contributed by atoms with Gasteiger partial charge in [-0.1, -0.05) is 0 Å². The zero-order valence-electron chi connectivity index (χ0n) is 7.51. The van der Waals surface area contributed by atoms with Crippen LogP contribution in [0.4, 0.5) is 0 Å². The summed E-state index contributed by atoms with van der Waals surface area (Å²) in [6.07, 6.45) is 3.36. The number of carboxylic acids is 1. The fraction of sp³-hybridized carbons (Fsp3) is 0.333. The van der Waals surface area contributed by atoms with Crippen LogP contribution in [0.15, 0.2) is 23.3 Å². The van der Waals surface area contributed by atoms with E-state index < -0.39 is 11.4 Å². The van der Waals surface area contributed by atoms with E-state index in [9.17, 15) is 9.59 Å². The van der Waals surface area contributed by atoms with Crippen molar-refractivity contribution in [2.45, 2.75) is 19.4 Å². The lowest BCUT2D eigenvalue weighted by Gasteiger charge is -2.04. The van der Waals surface area contributed by atoms with E-state index in [-0.39, 0.29) is 12.2 Å². The number of aromatic nitrogens is 1. The van der Waals surface area contributed by atoms with Crippen LogP contribution >= 0.6 is 0 Å². The summed E-state index contributed by atoms with van der Waals surface area (Å²) in [6.45, 7) is 0.472. The van der Waals surface area contributed by atoms with Crippen LogP contribution in [0.3, 0.4) is 0 Å². The highest BCUT2D eigenvalue weighted by Crippen LogP contribution is 2.01. The quantitative estimate of drug-likeness (QED) is 0.733. The third-order valence-electron chi connectivity index (χ3n) is 1.76. The standard InChI is InChI=1S/C9H11NO4/c11-7-3-5-10(6-8(7)12)4-1-2-9(13)14/h3,5-6,12H,1-2,4H2,(H,13,14). The molecule has 2 N–H and O–H groups in total. The molecule has 0 aliphatic carbocycles. The van der Waals surface area contributed by atoms with E-state index in [2.05, 4.69) is 0 Å². The van der Waals surface area contributed by atoms with Crippen molar-refractivity contribution in [3.8, 4) is 5.75 Å². The Labute approximate surface area is 80.2 Å². The number of hydrogen-bond donors (Lipinski definition) is 2. The van der Waals surface area contributed by atoms with Gasteiger partial charge in [0.15, 0.2) is 5.75 Å². The zero-order valence-corrected chi connectivity index (χ0v) is 7.51. The number of aryl methyl sites for hydroxylation is 1. The molecule has 0 unspecified atom stereocenters. The lowest BCUT2D eigenvalue weighted by molar-refractivity contribution is -0.137. The van der Waals surface area contributed by atoms with Crippen LogP contribution in [0.25, 0.3) is 0 Å². The molecule has 5 nitrogen and oxygen atoms in total. The van der Waals surface area contributed by atoms with Gasteiger partial charge < -0.3 is 14.8 Å². The minimum Gasteiger partial charge on any atom is -0.503 e. The zero-order chi connectivity index (χ0) is 10.6. The second-order valence-corrected chi connectivity index (χ2v) is 2.93. The molecule has 1 aromatic rings. The molecule has 1 aromatic heterocycles. The maximum absolute atomic E-state index is 10.8. The Hall–Kier alpha value is -1.78. The number of nitrogens with zero attached hydrogens (tertiary/aromatic N) is 1. The molecule has 1 rings (SSSR count). The summed E-state index contributed by atoms with van der Waals surface area (Å²) < 4.78 is 1.58. The molecule has 0 saturated heterocycles. The van der Waals surface area contributed by atoms with Crippen molar-refractivity contribution < 1.29 is 15.0 Å². The molecule has 0 amide bonds. The van der Waals surface area contributed by atoms with Gasteiger partial charge in [-0.15, -0.1) is 0 Å². The van der Waals surface area contributed by atoms with E-state index >= 15 is 0 Å². The molecule has 1 heterocycles. The molecular formula is C9H11NO4. The molecule has 0 aromatic carbocycles. The van der Waals surface area contributed by atoms with Crippen molar-refractivity contribution in [3.05, 3.63) is 28.7 Å². The first-order valence-corrected chi connectivity index (χ1v) is 4.20. The Morgan fingerprint density at radius 1 is 1.50 bits per heavy atom. The highest BCUT2D eigenvalue weighted by molar-refractivity contribution is 5.66. The van der Waals surface area contributed by atoms with Gasteiger partial charge in [0, 0.05) is 31.4 Å². The molecule has 76 valence electrons. The lowest BCUT2D eigenvalue weighted by atomic mass is 10.3. The molecular weight excluding hydrogens is 186 g/mol. The normalized spacial score (nSPS) is 10.0. The van der Waals surface area contributed by atoms with Crippen molar-refractivity contribution in [2.24, 2.45) is 0 Å². The van der Waals surface area contributed by atoms with Crippen LogP contribution in [-0.2, 0) is 11.3 Å². The highest BCUT2D eigenvalue weighted by Gasteiger charge is 1.99. The van der Waals surface area contributed by atoms with Gasteiger partial charge in [0.2, 0.25) is 5.43 Å². The second kappa shape index (κ2) is 4.45. The van der Waals surface area contributed by atoms with Gasteiger partial charge in [0.25, 0.3) is 0 Å². The third-order valence-corrected chi connectivity index (χ3v) is 1.76. The molecule has 5 heteroatoms. The monoisotopic (exact) mass is 197 g/mol. The molecule has 0 radical (unpaired) electrons. The topological polar surface area (TPSA) is 79.5 Å². The summed E-state index contributed by atoms with van der Waals surface area (Å²) in [5.74, 6) is -1.17. The second-order valence-electron chi connectivity index (χ2n) is 2.93. The van der Waals surface area contributed by atoms with Crippen LogP contribution in [0.2, 0.25) is 0 Å². The summed E-state index contributed by atoms with van der Waals surface area (Å²) in [7, 11) is 0. The first-order chi connectivity index (χ1) is 6.59. The number of carbonyl (C=O) groups is 1. The van der Waals surface area contributed by atoms with Crippen LogP contribution in [0.1, 0.15) is 12.8 Å². The first-order valence-electron chi connectivity index (χ1n) is 4.20. The van der Waals surface area contributed by atoms with Gasteiger partial charge >= 0.3 is 5.97 Å². The van der Waals surface area contributed by atoms with Crippen molar-refractivity contribution in [1.29, 1.82) is 0 Å². The Morgan fingerprint density at radius 2 is 2.21 bits per heavy atom. The molecule has 0 atom stereocenters. The van der Waals surface area contributed by atoms with Gasteiger partial charge in [-0.05, 0) is 6.42 Å². The fourth-order valence-electron chi connectivity index (χ4n) is 1.06. The van der Waals surface area contributed by atoms with Crippen molar-refractivity contribution in [1.82, 2.24) is 4.57 Å². The van der Waals surface area contributed by atoms with Gasteiger partial charge in [-0.2, -0.15) is 0 Å². The molecule has 0 spiro atoms. The van der Waals surface area contributed by atoms with Crippen LogP contribution in [0.5, 0.6) is 5.75 Å². The van der Waals surface area contributed by atoms with Gasteiger partial charge in [0.1, 0.15) is 0 Å². The fourth-order valence-corrected chi connectivity index (χ4v) is 1.06. The van der Waals surface area contributed by atoms with E-state index in [1.165, 1.54) is 18.5 Å². The predicted octanol–water partition coefficient (Wildman–Crippen LogP) is 0.419. The van der Waals surface area contributed by atoms with Gasteiger partial charge in [-0.3, -0.25) is 9.59 Å². The summed E-state index contributed by atoms with van der Waals surface area (Å²) >= 11 is 0. The SMILES string of the molecule is O=C(O)CCCn1ccc(=O)c(O)c1. The van der Waals surface area contributed by atoms with E-state index in [4.69, 9.17) is 10.2 Å². The maximum Gasteiger partial charge on any atom is 0.303 e. The van der Waals surface area contributed by atoms with Crippen molar-refractivity contribution >= 4 is 5.97 Å². The van der Waals surface area contributed by atoms with Crippen molar-refractivity contribution in [3.63, 3.8) is 0 Å². The van der Waals surface area contributed by atoms with E-state index in [0.717, 1.165) is 0 Å². The van der Waals surface area contributed by atoms with Gasteiger partial charge in [-0.25, -0.2) is 0 Å². The lowest BCUT2D eigenvalue weighted by Crippen LogP contribution is -2.06. The number of hydrogen-bond acceptors (Lipinski definition) is 3. The summed E-state index contributed by atoms with van der Waals surface area (Å²) in [6, 6.07) is 1.25. The van der Waals surface area contributed by atoms with Crippen LogP contribution in [0, 0.1) is 0 Å². The molecule has 0 aliphatic heterocycles. The van der Waals surface area contributed by atoms with Gasteiger partial charge in [0.05, 0.1) is 0 Å². The molecule has 0 bridgehead atoms. The van der Waals surface area contributed by atoms with E-state index in [1.807, 2.05) is 0 Å². The van der Waals surface area contributed by atoms with Crippen LogP contribution in [-0.4, -0.2) is 20.7 Å². The Balaban J connectivity index is 2.56. The Kier molecular flexibility index (Phi) is 3.28. The number of aliphatic carboxylic acids is 1. The maximum atomic E-state index is 10.8. The minimum atomic E-state index is -0.852. The number of aromatic hydroxyl groups is 1. The smallest absolute Gasteiger partial charge is 0.303 e. The largest absolute Gasteiger partial charge is 0.503 e. The third kappa shape index (κ3) is 2.93. The molecule has 0 fully saturated rings. The summed E-state index contributed by atoms with van der Waals surface area (Å²) in [5.41, 5.74) is -0.431. The Morgan fingerprint density at radius 3 is 2.79 bits per heavy atom. The number of pyridine rings is 1. The van der Waals surface area contributed by atoms with E-state index in [1.54, 1.807) is 4.57 Å². The molecule has 14 heavy (non-hydrogen) atoms. The predicted molar refractivity (Wildman–Crippen MR) is 49.2 cm³/mol. The number of carboxylic acid groups (broad SMARTS) is 1. The summed E-state index contributed by atoms with van der Waals surface area (Å²) in [4.78, 5) is 21.0. The van der Waals surface area contributed by atoms with Crippen molar-refractivity contribution in [2.75, 3.05) is 0 Å². The summed E-state index contributed by atoms with van der Waals surface area (Å²) in [5, 5.41) is 17.4. The minimum absolute atomic E-state index is 0.0763.